The first-order valence-electron chi connectivity index (χ1n) is 6.25. The molecule has 0 atom stereocenters. The van der Waals surface area contributed by atoms with Crippen molar-refractivity contribution in [2.75, 3.05) is 7.11 Å². The fourth-order valence-electron chi connectivity index (χ4n) is 1.95. The number of nitrogens with zero attached hydrogens (tertiary/aromatic N) is 3. The van der Waals surface area contributed by atoms with E-state index in [1.54, 1.807) is 10.9 Å². The first kappa shape index (κ1) is 14.7. The molecule has 2 aromatic heterocycles. The van der Waals surface area contributed by atoms with Crippen molar-refractivity contribution in [3.05, 3.63) is 39.8 Å². The highest BCUT2D eigenvalue weighted by Crippen LogP contribution is 2.30. The van der Waals surface area contributed by atoms with Crippen molar-refractivity contribution in [3.63, 3.8) is 0 Å². The summed E-state index contributed by atoms with van der Waals surface area (Å²) in [5.74, 6) is 0.396. The largest absolute Gasteiger partial charge is 0.464 e. The minimum Gasteiger partial charge on any atom is -0.464 e. The molecule has 106 valence electrons. The Bertz CT molecular complexity index is 650. The number of hydrogen-bond acceptors (Lipinski definition) is 4. The zero-order valence-electron chi connectivity index (χ0n) is 11.8. The van der Waals surface area contributed by atoms with Gasteiger partial charge in [0.1, 0.15) is 0 Å². The van der Waals surface area contributed by atoms with Crippen LogP contribution in [0.4, 0.5) is 0 Å². The van der Waals surface area contributed by atoms with Crippen molar-refractivity contribution < 1.29 is 9.53 Å². The number of pyridine rings is 1. The Kier molecular flexibility index (Phi) is 4.23. The van der Waals surface area contributed by atoms with Crippen LogP contribution in [0.15, 0.2) is 22.8 Å². The Morgan fingerprint density at radius 1 is 1.45 bits per heavy atom. The number of methoxy groups -OCH3 is 1. The van der Waals surface area contributed by atoms with Gasteiger partial charge in [0.2, 0.25) is 0 Å². The molecule has 0 saturated heterocycles. The molecule has 0 amide bonds. The summed E-state index contributed by atoms with van der Waals surface area (Å²) in [4.78, 5) is 16.1. The number of ether oxygens (including phenoxy) is 1. The third-order valence-corrected chi connectivity index (χ3v) is 3.69. The minimum absolute atomic E-state index is 0.178. The third kappa shape index (κ3) is 2.60. The Balaban J connectivity index is 2.66. The molecule has 0 radical (unpaired) electrons. The molecule has 0 N–H and O–H groups in total. The van der Waals surface area contributed by atoms with Gasteiger partial charge in [-0.1, -0.05) is 13.8 Å². The van der Waals surface area contributed by atoms with Crippen LogP contribution in [-0.2, 0) is 4.74 Å². The van der Waals surface area contributed by atoms with E-state index < -0.39 is 5.97 Å². The molecule has 0 aromatic carbocycles. The SMILES string of the molecule is COC(=O)c1nn(-c2cc(C)ccn2)c(C(C)C)c1Br. The minimum atomic E-state index is -0.467. The number of halogens is 1. The summed E-state index contributed by atoms with van der Waals surface area (Å²) >= 11 is 3.45. The van der Waals surface area contributed by atoms with Crippen LogP contribution in [0.5, 0.6) is 0 Å². The summed E-state index contributed by atoms with van der Waals surface area (Å²) in [7, 11) is 1.34. The Hall–Kier alpha value is -1.69. The summed E-state index contributed by atoms with van der Waals surface area (Å²) in [6.07, 6.45) is 1.72. The molecule has 0 aliphatic rings. The number of aromatic nitrogens is 3. The zero-order valence-corrected chi connectivity index (χ0v) is 13.4. The summed E-state index contributed by atoms with van der Waals surface area (Å²) in [5.41, 5.74) is 2.24. The maximum atomic E-state index is 11.8. The van der Waals surface area contributed by atoms with Gasteiger partial charge in [0.15, 0.2) is 11.5 Å². The molecule has 0 saturated carbocycles. The molecule has 0 aliphatic carbocycles. The van der Waals surface area contributed by atoms with Crippen molar-refractivity contribution in [1.82, 2.24) is 14.8 Å². The van der Waals surface area contributed by atoms with Crippen molar-refractivity contribution in [2.24, 2.45) is 0 Å². The van der Waals surface area contributed by atoms with Gasteiger partial charge in [-0.15, -0.1) is 0 Å². The molecule has 2 heterocycles. The summed E-state index contributed by atoms with van der Waals surface area (Å²) < 4.78 is 7.10. The predicted molar refractivity (Wildman–Crippen MR) is 79.2 cm³/mol. The van der Waals surface area contributed by atoms with Gasteiger partial charge in [0, 0.05) is 6.20 Å². The van der Waals surface area contributed by atoms with Crippen molar-refractivity contribution in [1.29, 1.82) is 0 Å². The maximum absolute atomic E-state index is 11.8. The third-order valence-electron chi connectivity index (χ3n) is 2.90. The second-order valence-electron chi connectivity index (χ2n) is 4.80. The summed E-state index contributed by atoms with van der Waals surface area (Å²) in [6.45, 7) is 6.06. The highest BCUT2D eigenvalue weighted by molar-refractivity contribution is 9.10. The molecule has 2 aromatic rings. The van der Waals surface area contributed by atoms with Crippen LogP contribution in [0.25, 0.3) is 5.82 Å². The van der Waals surface area contributed by atoms with E-state index in [1.807, 2.05) is 32.9 Å². The van der Waals surface area contributed by atoms with E-state index in [1.165, 1.54) is 7.11 Å². The number of carbonyl (C=O) groups excluding carboxylic acids is 1. The molecule has 0 unspecified atom stereocenters. The van der Waals surface area contributed by atoms with Crippen molar-refractivity contribution in [3.8, 4) is 5.82 Å². The normalized spacial score (nSPS) is 10.9. The average Bonchev–Trinajstić information content (AvgIpc) is 2.75. The monoisotopic (exact) mass is 337 g/mol. The van der Waals surface area contributed by atoms with Gasteiger partial charge in [-0.3, -0.25) is 0 Å². The van der Waals surface area contributed by atoms with Gasteiger partial charge in [0.25, 0.3) is 0 Å². The molecule has 5 nitrogen and oxygen atoms in total. The lowest BCUT2D eigenvalue weighted by Gasteiger charge is -2.10. The van der Waals surface area contributed by atoms with E-state index in [0.29, 0.717) is 10.3 Å². The molecule has 0 spiro atoms. The second-order valence-corrected chi connectivity index (χ2v) is 5.59. The summed E-state index contributed by atoms with van der Waals surface area (Å²) in [6, 6.07) is 3.84. The number of aryl methyl sites for hydroxylation is 1. The van der Waals surface area contributed by atoms with Gasteiger partial charge in [-0.05, 0) is 46.5 Å². The number of rotatable bonds is 3. The van der Waals surface area contributed by atoms with E-state index in [9.17, 15) is 4.79 Å². The van der Waals surface area contributed by atoms with E-state index in [0.717, 1.165) is 11.3 Å². The average molecular weight is 338 g/mol. The van der Waals surface area contributed by atoms with E-state index in [2.05, 4.69) is 26.0 Å². The van der Waals surface area contributed by atoms with E-state index in [-0.39, 0.29) is 11.6 Å². The molecule has 20 heavy (non-hydrogen) atoms. The molecule has 0 bridgehead atoms. The van der Waals surface area contributed by atoms with Crippen LogP contribution in [0.1, 0.15) is 41.5 Å². The van der Waals surface area contributed by atoms with Crippen LogP contribution < -0.4 is 0 Å². The van der Waals surface area contributed by atoms with Crippen LogP contribution in [0, 0.1) is 6.92 Å². The Morgan fingerprint density at radius 3 is 2.70 bits per heavy atom. The van der Waals surface area contributed by atoms with E-state index in [4.69, 9.17) is 4.74 Å². The van der Waals surface area contributed by atoms with Crippen LogP contribution in [0.2, 0.25) is 0 Å². The lowest BCUT2D eigenvalue weighted by molar-refractivity contribution is 0.0592. The van der Waals surface area contributed by atoms with Crippen molar-refractivity contribution in [2.45, 2.75) is 26.7 Å². The van der Waals surface area contributed by atoms with Gasteiger partial charge in [-0.2, -0.15) is 5.10 Å². The van der Waals surface area contributed by atoms with Gasteiger partial charge in [-0.25, -0.2) is 14.5 Å². The number of esters is 1. The van der Waals surface area contributed by atoms with Crippen LogP contribution in [-0.4, -0.2) is 27.8 Å². The van der Waals surface area contributed by atoms with Crippen LogP contribution in [0.3, 0.4) is 0 Å². The topological polar surface area (TPSA) is 57.0 Å². The van der Waals surface area contributed by atoms with E-state index >= 15 is 0 Å². The fourth-order valence-corrected chi connectivity index (χ4v) is 2.81. The zero-order chi connectivity index (χ0) is 14.9. The molecule has 0 aliphatic heterocycles. The van der Waals surface area contributed by atoms with Crippen molar-refractivity contribution >= 4 is 21.9 Å². The fraction of sp³-hybridized carbons (Fsp3) is 0.357. The molecule has 0 fully saturated rings. The first-order valence-corrected chi connectivity index (χ1v) is 7.04. The van der Waals surface area contributed by atoms with Gasteiger partial charge in [0.05, 0.1) is 17.3 Å². The standard InChI is InChI=1S/C14H16BrN3O2/c1-8(2)13-11(15)12(14(19)20-4)17-18(13)10-7-9(3)5-6-16-10/h5-8H,1-4H3. The predicted octanol–water partition coefficient (Wildman–Crippen LogP) is 3.25. The molecular formula is C14H16BrN3O2. The molecule has 6 heteroatoms. The smallest absolute Gasteiger partial charge is 0.359 e. The molecule has 2 rings (SSSR count). The maximum Gasteiger partial charge on any atom is 0.359 e. The molecular weight excluding hydrogens is 322 g/mol. The highest BCUT2D eigenvalue weighted by atomic mass is 79.9. The van der Waals surface area contributed by atoms with Gasteiger partial charge >= 0.3 is 5.97 Å². The Labute approximate surface area is 126 Å². The number of carbonyl (C=O) groups is 1. The quantitative estimate of drug-likeness (QED) is 0.806. The van der Waals surface area contributed by atoms with Gasteiger partial charge < -0.3 is 4.74 Å². The van der Waals surface area contributed by atoms with Crippen LogP contribution >= 0.6 is 15.9 Å². The lowest BCUT2D eigenvalue weighted by Crippen LogP contribution is -2.07. The highest BCUT2D eigenvalue weighted by Gasteiger charge is 2.24. The summed E-state index contributed by atoms with van der Waals surface area (Å²) in [5, 5.41) is 4.35. The first-order chi connectivity index (χ1) is 9.45. The number of hydrogen-bond donors (Lipinski definition) is 0. The lowest BCUT2D eigenvalue weighted by atomic mass is 10.1. The Morgan fingerprint density at radius 2 is 2.15 bits per heavy atom. The second kappa shape index (κ2) is 5.75.